The highest BCUT2D eigenvalue weighted by molar-refractivity contribution is 5.79. The number of aromatic nitrogens is 2. The van der Waals surface area contributed by atoms with Gasteiger partial charge in [-0.05, 0) is 30.7 Å². The van der Waals surface area contributed by atoms with E-state index in [-0.39, 0.29) is 0 Å². The maximum absolute atomic E-state index is 5.06. The molecule has 0 radical (unpaired) electrons. The Labute approximate surface area is 88.0 Å². The summed E-state index contributed by atoms with van der Waals surface area (Å²) in [5, 5.41) is 7.78. The van der Waals surface area contributed by atoms with Crippen LogP contribution in [-0.2, 0) is 0 Å². The van der Waals surface area contributed by atoms with Crippen molar-refractivity contribution in [2.75, 3.05) is 0 Å². The fraction of sp³-hybridized carbons (Fsp3) is 0.0909. The second-order valence-corrected chi connectivity index (χ2v) is 3.27. The first-order chi connectivity index (χ1) is 7.29. The van der Waals surface area contributed by atoms with Crippen LogP contribution in [0.1, 0.15) is 11.3 Å². The normalized spacial score (nSPS) is 11.0. The third kappa shape index (κ3) is 2.04. The van der Waals surface area contributed by atoms with E-state index in [4.69, 9.17) is 5.84 Å². The lowest BCUT2D eigenvalue weighted by Crippen LogP contribution is -1.95. The average Bonchev–Trinajstić information content (AvgIpc) is 2.67. The highest BCUT2D eigenvalue weighted by atomic mass is 15.3. The number of benzene rings is 1. The quantitative estimate of drug-likeness (QED) is 0.453. The molecule has 0 aliphatic heterocycles. The molecule has 0 spiro atoms. The van der Waals surface area contributed by atoms with Crippen LogP contribution in [0, 0.1) is 6.92 Å². The predicted molar refractivity (Wildman–Crippen MR) is 60.1 cm³/mol. The van der Waals surface area contributed by atoms with Gasteiger partial charge in [0, 0.05) is 6.20 Å². The topological polar surface area (TPSA) is 56.2 Å². The van der Waals surface area contributed by atoms with E-state index in [0.29, 0.717) is 0 Å². The van der Waals surface area contributed by atoms with Gasteiger partial charge in [0.1, 0.15) is 0 Å². The molecule has 15 heavy (non-hydrogen) atoms. The SMILES string of the molecule is Cc1ccn(-c2ccc(C=NN)cc2)n1. The monoisotopic (exact) mass is 200 g/mol. The third-order valence-electron chi connectivity index (χ3n) is 2.10. The van der Waals surface area contributed by atoms with Crippen LogP contribution in [0.4, 0.5) is 0 Å². The molecule has 1 heterocycles. The lowest BCUT2D eigenvalue weighted by molar-refractivity contribution is 0.862. The molecule has 0 saturated carbocycles. The number of rotatable bonds is 2. The molecule has 0 atom stereocenters. The second-order valence-electron chi connectivity index (χ2n) is 3.27. The Hall–Kier alpha value is -2.10. The van der Waals surface area contributed by atoms with Gasteiger partial charge in [-0.1, -0.05) is 12.1 Å². The fourth-order valence-corrected chi connectivity index (χ4v) is 1.36. The first-order valence-electron chi connectivity index (χ1n) is 4.65. The smallest absolute Gasteiger partial charge is 0.0646 e. The van der Waals surface area contributed by atoms with Crippen molar-refractivity contribution in [1.82, 2.24) is 9.78 Å². The van der Waals surface area contributed by atoms with Crippen LogP contribution < -0.4 is 5.84 Å². The predicted octanol–water partition coefficient (Wildman–Crippen LogP) is 1.47. The molecule has 0 aliphatic rings. The van der Waals surface area contributed by atoms with Crippen LogP contribution in [0.15, 0.2) is 41.6 Å². The molecule has 2 N–H and O–H groups in total. The molecule has 0 aliphatic carbocycles. The first kappa shape index (κ1) is 9.45. The van der Waals surface area contributed by atoms with Crippen LogP contribution in [0.25, 0.3) is 5.69 Å². The summed E-state index contributed by atoms with van der Waals surface area (Å²) in [4.78, 5) is 0. The average molecular weight is 200 g/mol. The lowest BCUT2D eigenvalue weighted by atomic mass is 10.2. The van der Waals surface area contributed by atoms with E-state index in [9.17, 15) is 0 Å². The first-order valence-corrected chi connectivity index (χ1v) is 4.65. The van der Waals surface area contributed by atoms with Crippen molar-refractivity contribution < 1.29 is 0 Å². The Bertz CT molecular complexity index is 468. The zero-order chi connectivity index (χ0) is 10.7. The number of nitrogens with zero attached hydrogens (tertiary/aromatic N) is 3. The molecular formula is C11H12N4. The number of aryl methyl sites for hydroxylation is 1. The van der Waals surface area contributed by atoms with Gasteiger partial charge in [0.25, 0.3) is 0 Å². The van der Waals surface area contributed by atoms with E-state index in [1.165, 1.54) is 0 Å². The molecule has 0 unspecified atom stereocenters. The summed E-state index contributed by atoms with van der Waals surface area (Å²) < 4.78 is 1.83. The van der Waals surface area contributed by atoms with Crippen LogP contribution in [0.2, 0.25) is 0 Å². The van der Waals surface area contributed by atoms with E-state index >= 15 is 0 Å². The van der Waals surface area contributed by atoms with Gasteiger partial charge in [-0.2, -0.15) is 10.2 Å². The zero-order valence-corrected chi connectivity index (χ0v) is 8.46. The fourth-order valence-electron chi connectivity index (χ4n) is 1.36. The number of hydrazone groups is 1. The van der Waals surface area contributed by atoms with E-state index in [0.717, 1.165) is 16.9 Å². The van der Waals surface area contributed by atoms with Gasteiger partial charge >= 0.3 is 0 Å². The van der Waals surface area contributed by atoms with Gasteiger partial charge in [-0.25, -0.2) is 4.68 Å². The van der Waals surface area contributed by atoms with E-state index in [1.54, 1.807) is 6.21 Å². The molecule has 0 fully saturated rings. The van der Waals surface area contributed by atoms with Gasteiger partial charge in [0.2, 0.25) is 0 Å². The van der Waals surface area contributed by atoms with E-state index in [2.05, 4.69) is 10.2 Å². The minimum Gasteiger partial charge on any atom is -0.323 e. The molecule has 0 bridgehead atoms. The summed E-state index contributed by atoms with van der Waals surface area (Å²) in [6.07, 6.45) is 3.54. The van der Waals surface area contributed by atoms with Crippen molar-refractivity contribution in [2.24, 2.45) is 10.9 Å². The van der Waals surface area contributed by atoms with E-state index < -0.39 is 0 Å². The largest absolute Gasteiger partial charge is 0.323 e. The summed E-state index contributed by atoms with van der Waals surface area (Å²) in [6, 6.07) is 9.81. The lowest BCUT2D eigenvalue weighted by Gasteiger charge is -2.00. The van der Waals surface area contributed by atoms with Crippen LogP contribution in [-0.4, -0.2) is 16.0 Å². The summed E-state index contributed by atoms with van der Waals surface area (Å²) in [5.41, 5.74) is 3.00. The molecule has 4 heteroatoms. The Morgan fingerprint density at radius 1 is 1.27 bits per heavy atom. The van der Waals surface area contributed by atoms with Crippen LogP contribution in [0.3, 0.4) is 0 Å². The van der Waals surface area contributed by atoms with E-state index in [1.807, 2.05) is 48.1 Å². The molecule has 2 rings (SSSR count). The van der Waals surface area contributed by atoms with Gasteiger partial charge in [0.15, 0.2) is 0 Å². The Balaban J connectivity index is 2.31. The third-order valence-corrected chi connectivity index (χ3v) is 2.10. The van der Waals surface area contributed by atoms with Crippen LogP contribution >= 0.6 is 0 Å². The second kappa shape index (κ2) is 3.96. The van der Waals surface area contributed by atoms with Gasteiger partial charge in [-0.3, -0.25) is 0 Å². The summed E-state index contributed by atoms with van der Waals surface area (Å²) in [7, 11) is 0. The van der Waals surface area contributed by atoms with Gasteiger partial charge in [-0.15, -0.1) is 0 Å². The highest BCUT2D eigenvalue weighted by Crippen LogP contribution is 2.08. The van der Waals surface area contributed by atoms with Crippen LogP contribution in [0.5, 0.6) is 0 Å². The molecule has 76 valence electrons. The van der Waals surface area contributed by atoms with Crippen molar-refractivity contribution in [3.05, 3.63) is 47.8 Å². The standard InChI is InChI=1S/C11H12N4/c1-9-6-7-15(14-9)11-4-2-10(3-5-11)8-13-12/h2-8H,12H2,1H3. The van der Waals surface area contributed by atoms with Crippen molar-refractivity contribution in [3.63, 3.8) is 0 Å². The summed E-state index contributed by atoms with van der Waals surface area (Å²) in [6.45, 7) is 1.96. The number of hydrogen-bond acceptors (Lipinski definition) is 3. The van der Waals surface area contributed by atoms with Crippen molar-refractivity contribution >= 4 is 6.21 Å². The maximum atomic E-state index is 5.06. The number of nitrogens with two attached hydrogens (primary N) is 1. The maximum Gasteiger partial charge on any atom is 0.0646 e. The Kier molecular flexibility index (Phi) is 2.49. The van der Waals surface area contributed by atoms with Gasteiger partial charge < -0.3 is 5.84 Å². The van der Waals surface area contributed by atoms with Crippen molar-refractivity contribution in [3.8, 4) is 5.69 Å². The summed E-state index contributed by atoms with van der Waals surface area (Å²) >= 11 is 0. The van der Waals surface area contributed by atoms with Gasteiger partial charge in [0.05, 0.1) is 17.6 Å². The Morgan fingerprint density at radius 3 is 2.53 bits per heavy atom. The molecular weight excluding hydrogens is 188 g/mol. The zero-order valence-electron chi connectivity index (χ0n) is 8.46. The Morgan fingerprint density at radius 2 is 2.00 bits per heavy atom. The number of hydrogen-bond donors (Lipinski definition) is 1. The molecule has 1 aromatic heterocycles. The molecule has 0 saturated heterocycles. The summed E-state index contributed by atoms with van der Waals surface area (Å²) in [5.74, 6) is 5.06. The minimum absolute atomic E-state index is 0.977. The molecule has 1 aromatic carbocycles. The highest BCUT2D eigenvalue weighted by Gasteiger charge is 1.97. The molecule has 0 amide bonds. The molecule has 4 nitrogen and oxygen atoms in total. The van der Waals surface area contributed by atoms with Crippen molar-refractivity contribution in [1.29, 1.82) is 0 Å². The minimum atomic E-state index is 0.977. The van der Waals surface area contributed by atoms with Crippen molar-refractivity contribution in [2.45, 2.75) is 6.92 Å². The molecule has 2 aromatic rings.